The lowest BCUT2D eigenvalue weighted by atomic mass is 9.73. The van der Waals surface area contributed by atoms with E-state index in [0.29, 0.717) is 17.3 Å². The van der Waals surface area contributed by atoms with E-state index >= 15 is 0 Å². The van der Waals surface area contributed by atoms with E-state index in [-0.39, 0.29) is 6.04 Å². The molecule has 0 bridgehead atoms. The number of hydrogen-bond donors (Lipinski definition) is 1. The van der Waals surface area contributed by atoms with E-state index < -0.39 is 0 Å². The molecule has 1 atom stereocenters. The molecular weight excluding hydrogens is 276 g/mol. The largest absolute Gasteiger partial charge is 0.368 e. The average molecular weight is 304 g/mol. The van der Waals surface area contributed by atoms with Gasteiger partial charge in [-0.2, -0.15) is 15.0 Å². The molecule has 1 aromatic heterocycles. The Kier molecular flexibility index (Phi) is 4.21. The quantitative estimate of drug-likeness (QED) is 0.923. The Morgan fingerprint density at radius 1 is 1.09 bits per heavy atom. The van der Waals surface area contributed by atoms with Gasteiger partial charge >= 0.3 is 0 Å². The minimum Gasteiger partial charge on any atom is -0.368 e. The van der Waals surface area contributed by atoms with Gasteiger partial charge in [0.25, 0.3) is 0 Å². The molecule has 6 heteroatoms. The first-order valence-corrected chi connectivity index (χ1v) is 8.42. The van der Waals surface area contributed by atoms with Gasteiger partial charge in [0.2, 0.25) is 11.9 Å². The van der Waals surface area contributed by atoms with Crippen LogP contribution in [0.4, 0.5) is 11.9 Å². The molecule has 1 spiro atoms. The first-order valence-electron chi connectivity index (χ1n) is 8.42. The molecule has 122 valence electrons. The summed E-state index contributed by atoms with van der Waals surface area (Å²) in [5.74, 6) is 1.75. The molecule has 6 nitrogen and oxygen atoms in total. The fraction of sp³-hybridized carbons (Fsp3) is 0.812. The van der Waals surface area contributed by atoms with Crippen LogP contribution in [0.1, 0.15) is 57.3 Å². The Morgan fingerprint density at radius 2 is 1.82 bits per heavy atom. The van der Waals surface area contributed by atoms with Gasteiger partial charge < -0.3 is 10.6 Å². The van der Waals surface area contributed by atoms with Gasteiger partial charge in [0, 0.05) is 20.6 Å². The van der Waals surface area contributed by atoms with Crippen molar-refractivity contribution < 1.29 is 0 Å². The molecule has 3 rings (SSSR count). The number of nitrogens with zero attached hydrogens (tertiary/aromatic N) is 5. The zero-order valence-electron chi connectivity index (χ0n) is 14.0. The van der Waals surface area contributed by atoms with Crippen molar-refractivity contribution in [2.75, 3.05) is 37.8 Å². The topological polar surface area (TPSA) is 71.2 Å². The van der Waals surface area contributed by atoms with Crippen LogP contribution in [0.25, 0.3) is 0 Å². The molecular formula is C16H28N6. The van der Waals surface area contributed by atoms with E-state index in [2.05, 4.69) is 26.8 Å². The summed E-state index contributed by atoms with van der Waals surface area (Å²) >= 11 is 0. The smallest absolute Gasteiger partial charge is 0.229 e. The van der Waals surface area contributed by atoms with Crippen LogP contribution in [0.2, 0.25) is 0 Å². The first-order chi connectivity index (χ1) is 10.5. The highest BCUT2D eigenvalue weighted by Gasteiger charge is 2.40. The van der Waals surface area contributed by atoms with Crippen molar-refractivity contribution >= 4 is 11.9 Å². The van der Waals surface area contributed by atoms with Gasteiger partial charge in [0.1, 0.15) is 0 Å². The Morgan fingerprint density at radius 3 is 2.50 bits per heavy atom. The molecule has 1 aromatic rings. The molecule has 2 heterocycles. The zero-order chi connectivity index (χ0) is 15.7. The standard InChI is InChI=1S/C16H28N6/c1-12(13-18-14(17)20-15(19-13)21(2)3)22-10-9-16(11-22)7-5-4-6-8-16/h12H,4-11H2,1-3H3,(H2,17,18,19,20). The molecule has 0 radical (unpaired) electrons. The molecule has 1 aliphatic heterocycles. The lowest BCUT2D eigenvalue weighted by molar-refractivity contribution is 0.164. The van der Waals surface area contributed by atoms with E-state index in [0.717, 1.165) is 12.4 Å². The van der Waals surface area contributed by atoms with Gasteiger partial charge in [-0.3, -0.25) is 4.90 Å². The second kappa shape index (κ2) is 5.99. The summed E-state index contributed by atoms with van der Waals surface area (Å²) in [6.07, 6.45) is 8.29. The van der Waals surface area contributed by atoms with Crippen LogP contribution in [0.5, 0.6) is 0 Å². The van der Waals surface area contributed by atoms with Crippen LogP contribution in [0.15, 0.2) is 0 Å². The Bertz CT molecular complexity index is 523. The van der Waals surface area contributed by atoms with Gasteiger partial charge in [-0.15, -0.1) is 0 Å². The van der Waals surface area contributed by atoms with Gasteiger partial charge in [0.15, 0.2) is 5.82 Å². The summed E-state index contributed by atoms with van der Waals surface area (Å²) in [4.78, 5) is 17.6. The van der Waals surface area contributed by atoms with E-state index in [1.165, 1.54) is 45.1 Å². The first kappa shape index (κ1) is 15.5. The number of rotatable bonds is 3. The molecule has 2 fully saturated rings. The normalized spacial score (nSPS) is 22.9. The van der Waals surface area contributed by atoms with Gasteiger partial charge in [-0.1, -0.05) is 19.3 Å². The van der Waals surface area contributed by atoms with Crippen molar-refractivity contribution in [1.82, 2.24) is 19.9 Å². The second-order valence-corrected chi connectivity index (χ2v) is 7.20. The molecule has 1 saturated heterocycles. The van der Waals surface area contributed by atoms with Gasteiger partial charge in [-0.25, -0.2) is 0 Å². The Labute approximate surface area is 133 Å². The summed E-state index contributed by atoms with van der Waals surface area (Å²) < 4.78 is 0. The summed E-state index contributed by atoms with van der Waals surface area (Å²) in [5, 5.41) is 0. The number of aromatic nitrogens is 3. The van der Waals surface area contributed by atoms with Crippen LogP contribution in [-0.4, -0.2) is 47.0 Å². The van der Waals surface area contributed by atoms with Crippen LogP contribution >= 0.6 is 0 Å². The van der Waals surface area contributed by atoms with E-state index in [1.54, 1.807) is 0 Å². The van der Waals surface area contributed by atoms with E-state index in [4.69, 9.17) is 5.73 Å². The van der Waals surface area contributed by atoms with Crippen LogP contribution in [-0.2, 0) is 0 Å². The Hall–Kier alpha value is -1.43. The number of anilines is 2. The fourth-order valence-corrected chi connectivity index (χ4v) is 3.96. The third kappa shape index (κ3) is 3.02. The number of likely N-dealkylation sites (tertiary alicyclic amines) is 1. The average Bonchev–Trinajstić information content (AvgIpc) is 2.90. The predicted octanol–water partition coefficient (Wildman–Crippen LogP) is 2.24. The van der Waals surface area contributed by atoms with Crippen molar-refractivity contribution in [3.63, 3.8) is 0 Å². The molecule has 1 saturated carbocycles. The molecule has 1 aliphatic carbocycles. The third-order valence-corrected chi connectivity index (χ3v) is 5.36. The maximum Gasteiger partial charge on any atom is 0.229 e. The maximum absolute atomic E-state index is 5.86. The number of nitrogen functional groups attached to an aromatic ring is 1. The van der Waals surface area contributed by atoms with Crippen molar-refractivity contribution in [3.05, 3.63) is 5.82 Å². The van der Waals surface area contributed by atoms with Crippen molar-refractivity contribution in [3.8, 4) is 0 Å². The number of nitrogens with two attached hydrogens (primary N) is 1. The molecule has 2 N–H and O–H groups in total. The lowest BCUT2D eigenvalue weighted by Crippen LogP contribution is -2.32. The highest BCUT2D eigenvalue weighted by atomic mass is 15.3. The number of hydrogen-bond acceptors (Lipinski definition) is 6. The van der Waals surface area contributed by atoms with Gasteiger partial charge in [-0.05, 0) is 38.1 Å². The van der Waals surface area contributed by atoms with Crippen LogP contribution < -0.4 is 10.6 Å². The van der Waals surface area contributed by atoms with E-state index in [9.17, 15) is 0 Å². The highest BCUT2D eigenvalue weighted by molar-refractivity contribution is 5.33. The van der Waals surface area contributed by atoms with Gasteiger partial charge in [0.05, 0.1) is 6.04 Å². The minimum atomic E-state index is 0.199. The van der Waals surface area contributed by atoms with Crippen molar-refractivity contribution in [2.45, 2.75) is 51.5 Å². The molecule has 1 unspecified atom stereocenters. The molecule has 2 aliphatic rings. The maximum atomic E-state index is 5.86. The molecule has 0 aromatic carbocycles. The van der Waals surface area contributed by atoms with Crippen LogP contribution in [0.3, 0.4) is 0 Å². The monoisotopic (exact) mass is 304 g/mol. The molecule has 22 heavy (non-hydrogen) atoms. The van der Waals surface area contributed by atoms with Crippen molar-refractivity contribution in [2.24, 2.45) is 5.41 Å². The van der Waals surface area contributed by atoms with Crippen molar-refractivity contribution in [1.29, 1.82) is 0 Å². The zero-order valence-corrected chi connectivity index (χ0v) is 14.0. The van der Waals surface area contributed by atoms with Crippen LogP contribution in [0, 0.1) is 5.41 Å². The summed E-state index contributed by atoms with van der Waals surface area (Å²) in [5.41, 5.74) is 6.41. The molecule has 0 amide bonds. The fourth-order valence-electron chi connectivity index (χ4n) is 3.96. The minimum absolute atomic E-state index is 0.199. The second-order valence-electron chi connectivity index (χ2n) is 7.20. The summed E-state index contributed by atoms with van der Waals surface area (Å²) in [6.45, 7) is 4.51. The summed E-state index contributed by atoms with van der Waals surface area (Å²) in [7, 11) is 3.85. The summed E-state index contributed by atoms with van der Waals surface area (Å²) in [6, 6.07) is 0.199. The highest BCUT2D eigenvalue weighted by Crippen LogP contribution is 2.45. The SMILES string of the molecule is CC(c1nc(N)nc(N(C)C)n1)N1CCC2(CCCCC2)C1. The Balaban J connectivity index is 1.75. The lowest BCUT2D eigenvalue weighted by Gasteiger charge is -2.34. The third-order valence-electron chi connectivity index (χ3n) is 5.36. The van der Waals surface area contributed by atoms with E-state index in [1.807, 2.05) is 19.0 Å². The predicted molar refractivity (Wildman–Crippen MR) is 88.7 cm³/mol.